The molecule has 0 amide bonds. The van der Waals surface area contributed by atoms with Crippen molar-refractivity contribution in [1.29, 1.82) is 0 Å². The fourth-order valence-corrected chi connectivity index (χ4v) is 2.66. The molecule has 2 aromatic carbocycles. The molecule has 3 aromatic rings. The summed E-state index contributed by atoms with van der Waals surface area (Å²) < 4.78 is 24.7. The Hall–Kier alpha value is -2.74. The molecule has 0 aliphatic rings. The van der Waals surface area contributed by atoms with Gasteiger partial charge in [0.05, 0.1) is 6.61 Å². The number of carbonyl (C=O) groups excluding carboxylic acids is 1. The number of ether oxygens (including phenoxy) is 2. The van der Waals surface area contributed by atoms with Crippen LogP contribution in [0, 0.1) is 5.82 Å². The van der Waals surface area contributed by atoms with Crippen LogP contribution in [0.4, 0.5) is 4.39 Å². The maximum Gasteiger partial charge on any atom is 0.361 e. The number of hydrogen-bond acceptors (Lipinski definition) is 5. The number of aromatic amines is 1. The molecule has 26 heavy (non-hydrogen) atoms. The summed E-state index contributed by atoms with van der Waals surface area (Å²) in [5.41, 5.74) is 1.93. The largest absolute Gasteiger partial charge is 0.489 e. The second-order valence-corrected chi connectivity index (χ2v) is 6.14. The van der Waals surface area contributed by atoms with Gasteiger partial charge in [-0.1, -0.05) is 15.9 Å². The van der Waals surface area contributed by atoms with E-state index in [1.807, 2.05) is 0 Å². The van der Waals surface area contributed by atoms with Gasteiger partial charge >= 0.3 is 5.97 Å². The molecular weight excluding hydrogens is 405 g/mol. The van der Waals surface area contributed by atoms with Crippen LogP contribution in [-0.4, -0.2) is 28.0 Å². The number of hydrogen-bond donors (Lipinski definition) is 1. The lowest BCUT2D eigenvalue weighted by Crippen LogP contribution is -2.06. The Kier molecular flexibility index (Phi) is 5.62. The Morgan fingerprint density at radius 1 is 1.19 bits per heavy atom. The fourth-order valence-electron chi connectivity index (χ4n) is 2.30. The second-order valence-electron chi connectivity index (χ2n) is 5.29. The van der Waals surface area contributed by atoms with E-state index in [9.17, 15) is 9.18 Å². The molecule has 0 atom stereocenters. The highest BCUT2D eigenvalue weighted by molar-refractivity contribution is 9.10. The molecule has 3 rings (SSSR count). The van der Waals surface area contributed by atoms with E-state index in [1.165, 1.54) is 12.1 Å². The Labute approximate surface area is 157 Å². The van der Waals surface area contributed by atoms with E-state index in [1.54, 1.807) is 37.3 Å². The minimum absolute atomic E-state index is 0.129. The van der Waals surface area contributed by atoms with Crippen molar-refractivity contribution in [3.8, 4) is 17.0 Å². The predicted octanol–water partition coefficient (Wildman–Crippen LogP) is 4.13. The van der Waals surface area contributed by atoms with Gasteiger partial charge in [0.25, 0.3) is 0 Å². The van der Waals surface area contributed by atoms with Gasteiger partial charge in [0.2, 0.25) is 0 Å². The van der Waals surface area contributed by atoms with E-state index in [-0.39, 0.29) is 24.7 Å². The number of rotatable bonds is 6. The minimum Gasteiger partial charge on any atom is -0.489 e. The third-order valence-corrected chi connectivity index (χ3v) is 4.32. The lowest BCUT2D eigenvalue weighted by molar-refractivity contribution is 0.0520. The highest BCUT2D eigenvalue weighted by Gasteiger charge is 2.18. The molecular formula is C18H15BrFN3O3. The third-order valence-electron chi connectivity index (χ3n) is 3.55. The van der Waals surface area contributed by atoms with E-state index in [4.69, 9.17) is 9.47 Å². The van der Waals surface area contributed by atoms with Crippen LogP contribution in [0.2, 0.25) is 0 Å². The number of H-pyrrole nitrogens is 1. The van der Waals surface area contributed by atoms with Gasteiger partial charge in [-0.15, -0.1) is 5.10 Å². The number of aromatic nitrogens is 3. The first-order chi connectivity index (χ1) is 12.6. The van der Waals surface area contributed by atoms with Gasteiger partial charge in [-0.3, -0.25) is 0 Å². The average molecular weight is 420 g/mol. The maximum atomic E-state index is 13.3. The zero-order chi connectivity index (χ0) is 18.5. The van der Waals surface area contributed by atoms with Gasteiger partial charge in [-0.05, 0) is 49.4 Å². The summed E-state index contributed by atoms with van der Waals surface area (Å²) in [4.78, 5) is 11.9. The highest BCUT2D eigenvalue weighted by Crippen LogP contribution is 2.25. The van der Waals surface area contributed by atoms with Crippen LogP contribution in [0.1, 0.15) is 23.0 Å². The molecule has 0 saturated carbocycles. The van der Waals surface area contributed by atoms with E-state index in [0.717, 1.165) is 4.47 Å². The summed E-state index contributed by atoms with van der Waals surface area (Å²) >= 11 is 3.37. The summed E-state index contributed by atoms with van der Waals surface area (Å²) in [6, 6.07) is 11.4. The van der Waals surface area contributed by atoms with Gasteiger partial charge in [-0.25, -0.2) is 9.18 Å². The molecule has 1 N–H and O–H groups in total. The first-order valence-corrected chi connectivity index (χ1v) is 8.63. The SMILES string of the molecule is CCOC(=O)c1n[nH]nc1-c1ccc(OCc2cc(F)ccc2Br)cc1. The van der Waals surface area contributed by atoms with Gasteiger partial charge in [-0.2, -0.15) is 10.3 Å². The molecule has 134 valence electrons. The van der Waals surface area contributed by atoms with Crippen molar-refractivity contribution < 1.29 is 18.7 Å². The summed E-state index contributed by atoms with van der Waals surface area (Å²) in [5, 5.41) is 10.3. The highest BCUT2D eigenvalue weighted by atomic mass is 79.9. The second kappa shape index (κ2) is 8.09. The van der Waals surface area contributed by atoms with Crippen molar-refractivity contribution in [2.75, 3.05) is 6.61 Å². The third kappa shape index (κ3) is 4.08. The molecule has 0 aliphatic carbocycles. The molecule has 1 aromatic heterocycles. The van der Waals surface area contributed by atoms with E-state index in [2.05, 4.69) is 31.3 Å². The molecule has 0 saturated heterocycles. The molecule has 8 heteroatoms. The number of nitrogens with zero attached hydrogens (tertiary/aromatic N) is 2. The van der Waals surface area contributed by atoms with Crippen LogP contribution in [0.25, 0.3) is 11.3 Å². The van der Waals surface area contributed by atoms with Gasteiger partial charge in [0, 0.05) is 15.6 Å². The first-order valence-electron chi connectivity index (χ1n) is 7.83. The number of benzene rings is 2. The van der Waals surface area contributed by atoms with E-state index < -0.39 is 5.97 Å². The Morgan fingerprint density at radius 2 is 1.96 bits per heavy atom. The van der Waals surface area contributed by atoms with Crippen LogP contribution >= 0.6 is 15.9 Å². The summed E-state index contributed by atoms with van der Waals surface area (Å²) in [6.07, 6.45) is 0. The summed E-state index contributed by atoms with van der Waals surface area (Å²) in [5.74, 6) is -0.252. The van der Waals surface area contributed by atoms with Crippen LogP contribution < -0.4 is 4.74 Å². The van der Waals surface area contributed by atoms with Gasteiger partial charge in [0.1, 0.15) is 23.9 Å². The Morgan fingerprint density at radius 3 is 2.69 bits per heavy atom. The number of carbonyl (C=O) groups is 1. The van der Waals surface area contributed by atoms with Crippen LogP contribution in [0.5, 0.6) is 5.75 Å². The number of esters is 1. The molecule has 6 nitrogen and oxygen atoms in total. The summed E-state index contributed by atoms with van der Waals surface area (Å²) in [6.45, 7) is 2.20. The molecule has 0 radical (unpaired) electrons. The molecule has 0 unspecified atom stereocenters. The minimum atomic E-state index is -0.535. The molecule has 0 bridgehead atoms. The topological polar surface area (TPSA) is 77.1 Å². The van der Waals surface area contributed by atoms with Crippen LogP contribution in [0.3, 0.4) is 0 Å². The first kappa shape index (κ1) is 18.1. The van der Waals surface area contributed by atoms with Crippen LogP contribution in [-0.2, 0) is 11.3 Å². The fraction of sp³-hybridized carbons (Fsp3) is 0.167. The molecule has 0 spiro atoms. The van der Waals surface area contributed by atoms with Crippen molar-refractivity contribution in [3.63, 3.8) is 0 Å². The lowest BCUT2D eigenvalue weighted by Gasteiger charge is -2.09. The molecule has 1 heterocycles. The Bertz CT molecular complexity index is 912. The smallest absolute Gasteiger partial charge is 0.361 e. The predicted molar refractivity (Wildman–Crippen MR) is 96.2 cm³/mol. The van der Waals surface area contributed by atoms with Crippen molar-refractivity contribution >= 4 is 21.9 Å². The summed E-state index contributed by atoms with van der Waals surface area (Å²) in [7, 11) is 0. The van der Waals surface area contributed by atoms with Gasteiger partial charge in [0.15, 0.2) is 5.69 Å². The van der Waals surface area contributed by atoms with Gasteiger partial charge < -0.3 is 9.47 Å². The average Bonchev–Trinajstić information content (AvgIpc) is 3.13. The molecule has 0 aliphatic heterocycles. The Balaban J connectivity index is 1.72. The molecule has 0 fully saturated rings. The standard InChI is InChI=1S/C18H15BrFN3O3/c1-2-25-18(24)17-16(21-23-22-17)11-3-6-14(7-4-11)26-10-12-9-13(20)5-8-15(12)19/h3-9H,2,10H2,1H3,(H,21,22,23). The van der Waals surface area contributed by atoms with Crippen molar-refractivity contribution in [2.24, 2.45) is 0 Å². The van der Waals surface area contributed by atoms with E-state index >= 15 is 0 Å². The zero-order valence-corrected chi connectivity index (χ0v) is 15.4. The van der Waals surface area contributed by atoms with E-state index in [0.29, 0.717) is 22.6 Å². The quantitative estimate of drug-likeness (QED) is 0.607. The normalized spacial score (nSPS) is 10.6. The maximum absolute atomic E-state index is 13.3. The van der Waals surface area contributed by atoms with Crippen molar-refractivity contribution in [3.05, 3.63) is 64.0 Å². The number of nitrogens with one attached hydrogen (secondary N) is 1. The van der Waals surface area contributed by atoms with Crippen LogP contribution in [0.15, 0.2) is 46.9 Å². The monoisotopic (exact) mass is 419 g/mol. The lowest BCUT2D eigenvalue weighted by atomic mass is 10.1. The van der Waals surface area contributed by atoms with Crippen molar-refractivity contribution in [2.45, 2.75) is 13.5 Å². The zero-order valence-electron chi connectivity index (χ0n) is 13.8. The number of halogens is 2. The van der Waals surface area contributed by atoms with Crippen molar-refractivity contribution in [1.82, 2.24) is 15.4 Å².